The van der Waals surface area contributed by atoms with Crippen molar-refractivity contribution in [3.8, 4) is 0 Å². The van der Waals surface area contributed by atoms with Gasteiger partial charge >= 0.3 is 0 Å². The molecule has 0 aliphatic carbocycles. The Kier molecular flexibility index (Phi) is 7.46. The second-order valence-corrected chi connectivity index (χ2v) is 5.65. The summed E-state index contributed by atoms with van der Waals surface area (Å²) in [6, 6.07) is -0.715. The van der Waals surface area contributed by atoms with Crippen LogP contribution in [0, 0.1) is 0 Å². The highest BCUT2D eigenvalue weighted by Crippen LogP contribution is 2.28. The van der Waals surface area contributed by atoms with Crippen LogP contribution in [0.4, 0.5) is 0 Å². The summed E-state index contributed by atoms with van der Waals surface area (Å²) in [4.78, 5) is 19.6. The maximum Gasteiger partial charge on any atom is 0.191 e. The molecule has 1 aliphatic rings. The quantitative estimate of drug-likeness (QED) is 0.329. The Bertz CT molecular complexity index is 292. The van der Waals surface area contributed by atoms with E-state index in [1.165, 1.54) is 11.9 Å². The summed E-state index contributed by atoms with van der Waals surface area (Å²) in [7, 11) is 7.54. The number of ether oxygens (including phenoxy) is 2. The van der Waals surface area contributed by atoms with Crippen molar-refractivity contribution in [2.75, 3.05) is 27.2 Å². The third-order valence-corrected chi connectivity index (χ3v) is 3.22. The Balaban J connectivity index is 2.38. The molecular weight excluding hydrogens is 268 g/mol. The SMILES string of the molecule is [B]C1OC(/C=C/P(O)O)C(O)C1OCCCN(C)C. The summed E-state index contributed by atoms with van der Waals surface area (Å²) in [6.45, 7) is 1.38. The molecule has 0 aromatic rings. The smallest absolute Gasteiger partial charge is 0.191 e. The van der Waals surface area contributed by atoms with E-state index in [0.29, 0.717) is 6.61 Å². The Hall–Kier alpha value is -0.00506. The molecule has 1 fully saturated rings. The van der Waals surface area contributed by atoms with Gasteiger partial charge in [-0.25, -0.2) is 0 Å². The molecule has 0 spiro atoms. The van der Waals surface area contributed by atoms with Gasteiger partial charge < -0.3 is 29.3 Å². The fourth-order valence-corrected chi connectivity index (χ4v) is 2.16. The molecule has 1 heterocycles. The van der Waals surface area contributed by atoms with E-state index in [1.54, 1.807) is 0 Å². The fraction of sp³-hybridized carbons (Fsp3) is 0.818. The molecule has 1 saturated heterocycles. The largest absolute Gasteiger partial charge is 0.387 e. The summed E-state index contributed by atoms with van der Waals surface area (Å²) in [5, 5.41) is 9.99. The first-order chi connectivity index (χ1) is 8.91. The van der Waals surface area contributed by atoms with Crippen LogP contribution in [0.25, 0.3) is 0 Å². The Labute approximate surface area is 116 Å². The summed E-state index contributed by atoms with van der Waals surface area (Å²) in [5.74, 6) is 1.18. The zero-order chi connectivity index (χ0) is 14.4. The molecule has 0 aromatic carbocycles. The van der Waals surface area contributed by atoms with Crippen LogP contribution in [0.5, 0.6) is 0 Å². The van der Waals surface area contributed by atoms with Crippen molar-refractivity contribution in [1.82, 2.24) is 4.90 Å². The van der Waals surface area contributed by atoms with Crippen LogP contribution in [-0.2, 0) is 9.47 Å². The highest BCUT2D eigenvalue weighted by Gasteiger charge is 2.40. The Morgan fingerprint density at radius 2 is 2.11 bits per heavy atom. The third-order valence-electron chi connectivity index (χ3n) is 2.78. The van der Waals surface area contributed by atoms with Crippen LogP contribution in [-0.4, -0.2) is 79.2 Å². The van der Waals surface area contributed by atoms with Gasteiger partial charge in [-0.1, -0.05) is 0 Å². The first kappa shape index (κ1) is 17.0. The van der Waals surface area contributed by atoms with E-state index >= 15 is 0 Å². The highest BCUT2D eigenvalue weighted by molar-refractivity contribution is 7.48. The van der Waals surface area contributed by atoms with Gasteiger partial charge in [0.05, 0.1) is 0 Å². The number of aliphatic hydroxyl groups is 1. The standard InChI is InChI=1S/C11H21BNO5P/c1-13(2)5-3-6-17-10-9(14)8(18-11(10)12)4-7-19(15)16/h4,7-11,14-16H,3,5-6H2,1-2H3/b7-4+. The minimum absolute atomic E-state index is 0.486. The van der Waals surface area contributed by atoms with Crippen molar-refractivity contribution < 1.29 is 24.4 Å². The summed E-state index contributed by atoms with van der Waals surface area (Å²) in [6.07, 6.45) is 0.0701. The average molecular weight is 289 g/mol. The van der Waals surface area contributed by atoms with Gasteiger partial charge in [-0.15, -0.1) is 0 Å². The number of aliphatic hydroxyl groups excluding tert-OH is 1. The number of nitrogens with zero attached hydrogens (tertiary/aromatic N) is 1. The number of hydrogen-bond acceptors (Lipinski definition) is 6. The molecule has 0 aromatic heterocycles. The van der Waals surface area contributed by atoms with Gasteiger partial charge in [-0.2, -0.15) is 0 Å². The van der Waals surface area contributed by atoms with E-state index in [0.717, 1.165) is 13.0 Å². The maximum atomic E-state index is 9.99. The first-order valence-corrected chi connectivity index (χ1v) is 7.44. The number of hydrogen-bond donors (Lipinski definition) is 3. The molecule has 8 heteroatoms. The predicted molar refractivity (Wildman–Crippen MR) is 73.8 cm³/mol. The molecule has 4 atom stereocenters. The zero-order valence-electron chi connectivity index (χ0n) is 11.2. The predicted octanol–water partition coefficient (Wildman–Crippen LogP) is -0.612. The average Bonchev–Trinajstić information content (AvgIpc) is 2.58. The molecule has 1 rings (SSSR count). The molecule has 0 bridgehead atoms. The summed E-state index contributed by atoms with van der Waals surface area (Å²) in [5.41, 5.74) is 0. The molecule has 108 valence electrons. The van der Waals surface area contributed by atoms with Crippen molar-refractivity contribution in [1.29, 1.82) is 0 Å². The van der Waals surface area contributed by atoms with Crippen LogP contribution in [0.3, 0.4) is 0 Å². The second-order valence-electron chi connectivity index (χ2n) is 4.71. The monoisotopic (exact) mass is 289 g/mol. The van der Waals surface area contributed by atoms with E-state index in [-0.39, 0.29) is 0 Å². The van der Waals surface area contributed by atoms with Gasteiger partial charge in [0, 0.05) is 12.6 Å². The van der Waals surface area contributed by atoms with Crippen molar-refractivity contribution >= 4 is 16.2 Å². The lowest BCUT2D eigenvalue weighted by atomic mass is 9.93. The molecule has 0 amide bonds. The van der Waals surface area contributed by atoms with Crippen molar-refractivity contribution in [3.63, 3.8) is 0 Å². The van der Waals surface area contributed by atoms with Crippen molar-refractivity contribution in [2.24, 2.45) is 0 Å². The molecule has 3 N–H and O–H groups in total. The van der Waals surface area contributed by atoms with Crippen LogP contribution in [0.15, 0.2) is 11.9 Å². The van der Waals surface area contributed by atoms with Crippen molar-refractivity contribution in [3.05, 3.63) is 11.9 Å². The van der Waals surface area contributed by atoms with E-state index < -0.39 is 32.7 Å². The van der Waals surface area contributed by atoms with Gasteiger partial charge in [0.2, 0.25) is 0 Å². The third kappa shape index (κ3) is 5.87. The topological polar surface area (TPSA) is 82.4 Å². The summed E-state index contributed by atoms with van der Waals surface area (Å²) >= 11 is 0. The fourth-order valence-electron chi connectivity index (χ4n) is 1.84. The Morgan fingerprint density at radius 1 is 1.42 bits per heavy atom. The number of rotatable bonds is 7. The van der Waals surface area contributed by atoms with Gasteiger partial charge in [0.1, 0.15) is 26.2 Å². The van der Waals surface area contributed by atoms with Crippen LogP contribution < -0.4 is 0 Å². The molecule has 19 heavy (non-hydrogen) atoms. The van der Waals surface area contributed by atoms with E-state index in [2.05, 4.69) is 0 Å². The zero-order valence-corrected chi connectivity index (χ0v) is 12.1. The molecule has 1 aliphatic heterocycles. The molecule has 2 radical (unpaired) electrons. The normalized spacial score (nSPS) is 31.9. The molecule has 6 nitrogen and oxygen atoms in total. The lowest BCUT2D eigenvalue weighted by molar-refractivity contribution is -0.0213. The van der Waals surface area contributed by atoms with Crippen LogP contribution in [0.2, 0.25) is 0 Å². The van der Waals surface area contributed by atoms with E-state index in [9.17, 15) is 5.11 Å². The Morgan fingerprint density at radius 3 is 2.68 bits per heavy atom. The van der Waals surface area contributed by atoms with Crippen LogP contribution >= 0.6 is 8.38 Å². The maximum absolute atomic E-state index is 9.99. The molecule has 0 saturated carbocycles. The van der Waals surface area contributed by atoms with Crippen molar-refractivity contribution in [2.45, 2.75) is 30.7 Å². The van der Waals surface area contributed by atoms with Gasteiger partial charge in [-0.05, 0) is 39.0 Å². The van der Waals surface area contributed by atoms with Gasteiger partial charge in [0.25, 0.3) is 0 Å². The lowest BCUT2D eigenvalue weighted by Crippen LogP contribution is -2.35. The molecule has 4 unspecified atom stereocenters. The van der Waals surface area contributed by atoms with E-state index in [4.69, 9.17) is 27.1 Å². The minimum Gasteiger partial charge on any atom is -0.387 e. The summed E-state index contributed by atoms with van der Waals surface area (Å²) < 4.78 is 10.8. The highest BCUT2D eigenvalue weighted by atomic mass is 31.2. The van der Waals surface area contributed by atoms with Gasteiger partial charge in [-0.3, -0.25) is 0 Å². The lowest BCUT2D eigenvalue weighted by Gasteiger charge is -2.19. The van der Waals surface area contributed by atoms with Gasteiger partial charge in [0.15, 0.2) is 8.38 Å². The molecular formula is C11H21BNO5P. The first-order valence-electron chi connectivity index (χ1n) is 6.12. The van der Waals surface area contributed by atoms with E-state index in [1.807, 2.05) is 19.0 Å². The minimum atomic E-state index is -2.14. The second kappa shape index (κ2) is 8.32. The van der Waals surface area contributed by atoms with Crippen LogP contribution in [0.1, 0.15) is 6.42 Å².